The summed E-state index contributed by atoms with van der Waals surface area (Å²) in [5, 5.41) is 10.4. The van der Waals surface area contributed by atoms with E-state index in [-0.39, 0.29) is 24.4 Å². The van der Waals surface area contributed by atoms with Crippen molar-refractivity contribution in [3.05, 3.63) is 53.9 Å². The molecule has 27 heavy (non-hydrogen) atoms. The zero-order valence-corrected chi connectivity index (χ0v) is 15.7. The third-order valence-electron chi connectivity index (χ3n) is 4.84. The minimum Gasteiger partial charge on any atom is -0.342 e. The molecule has 2 aromatic rings. The lowest BCUT2D eigenvalue weighted by Crippen LogP contribution is -2.40. The quantitative estimate of drug-likeness (QED) is 0.777. The molecule has 2 amide bonds. The van der Waals surface area contributed by atoms with Gasteiger partial charge in [-0.25, -0.2) is 0 Å². The molecule has 7 heteroatoms. The third kappa shape index (κ3) is 5.17. The van der Waals surface area contributed by atoms with Gasteiger partial charge in [0.05, 0.1) is 12.6 Å². The first-order valence-electron chi connectivity index (χ1n) is 9.53. The molecule has 0 saturated carbocycles. The molecule has 3 rings (SSSR count). The molecule has 1 unspecified atom stereocenters. The van der Waals surface area contributed by atoms with Gasteiger partial charge in [0.1, 0.15) is 5.69 Å². The first-order valence-corrected chi connectivity index (χ1v) is 9.53. The Bertz CT molecular complexity index is 753. The molecular formula is C20H27N5O2. The van der Waals surface area contributed by atoms with Crippen molar-refractivity contribution in [2.75, 3.05) is 26.2 Å². The minimum absolute atomic E-state index is 0.0304. The van der Waals surface area contributed by atoms with E-state index < -0.39 is 0 Å². The zero-order chi connectivity index (χ0) is 19.1. The maximum absolute atomic E-state index is 12.4. The van der Waals surface area contributed by atoms with E-state index in [0.29, 0.717) is 18.8 Å². The smallest absolute Gasteiger partial charge is 0.272 e. The van der Waals surface area contributed by atoms with Gasteiger partial charge in [0.2, 0.25) is 5.91 Å². The van der Waals surface area contributed by atoms with E-state index in [1.165, 1.54) is 0 Å². The highest BCUT2D eigenvalue weighted by Gasteiger charge is 2.19. The molecule has 0 spiro atoms. The van der Waals surface area contributed by atoms with Gasteiger partial charge in [-0.3, -0.25) is 14.3 Å². The first-order chi connectivity index (χ1) is 13.2. The lowest BCUT2D eigenvalue weighted by atomic mass is 10.1. The van der Waals surface area contributed by atoms with Crippen molar-refractivity contribution in [1.29, 1.82) is 0 Å². The van der Waals surface area contributed by atoms with Crippen LogP contribution in [0, 0.1) is 0 Å². The van der Waals surface area contributed by atoms with Crippen molar-refractivity contribution >= 4 is 11.8 Å². The zero-order valence-electron chi connectivity index (χ0n) is 15.7. The largest absolute Gasteiger partial charge is 0.342 e. The van der Waals surface area contributed by atoms with Crippen LogP contribution >= 0.6 is 0 Å². The number of amides is 2. The Morgan fingerprint density at radius 1 is 1.30 bits per heavy atom. The third-order valence-corrected chi connectivity index (χ3v) is 4.84. The van der Waals surface area contributed by atoms with Crippen molar-refractivity contribution in [3.8, 4) is 0 Å². The number of benzene rings is 1. The monoisotopic (exact) mass is 369 g/mol. The summed E-state index contributed by atoms with van der Waals surface area (Å²) in [4.78, 5) is 26.5. The summed E-state index contributed by atoms with van der Waals surface area (Å²) in [6, 6.07) is 11.8. The number of aromatic nitrogens is 2. The number of rotatable bonds is 7. The lowest BCUT2D eigenvalue weighted by Gasteiger charge is -2.23. The second-order valence-electron chi connectivity index (χ2n) is 6.76. The predicted molar refractivity (Wildman–Crippen MR) is 103 cm³/mol. The number of hydrogen-bond donors (Lipinski definition) is 2. The summed E-state index contributed by atoms with van der Waals surface area (Å²) in [5.74, 6) is -0.424. The molecule has 0 bridgehead atoms. The maximum Gasteiger partial charge on any atom is 0.272 e. The highest BCUT2D eigenvalue weighted by Crippen LogP contribution is 2.15. The van der Waals surface area contributed by atoms with Crippen LogP contribution in [0.2, 0.25) is 0 Å². The van der Waals surface area contributed by atoms with Gasteiger partial charge >= 0.3 is 0 Å². The van der Waals surface area contributed by atoms with E-state index in [2.05, 4.69) is 15.7 Å². The first kappa shape index (κ1) is 19.1. The number of carbonyl (C=O) groups is 2. The van der Waals surface area contributed by atoms with Crippen LogP contribution in [0.5, 0.6) is 0 Å². The van der Waals surface area contributed by atoms with Crippen molar-refractivity contribution in [2.45, 2.75) is 32.4 Å². The number of likely N-dealkylation sites (N-methyl/N-ethyl adjacent to an activating group) is 1. The van der Waals surface area contributed by atoms with E-state index in [1.54, 1.807) is 11.0 Å². The highest BCUT2D eigenvalue weighted by molar-refractivity contribution is 5.94. The molecular weight excluding hydrogens is 342 g/mol. The average molecular weight is 369 g/mol. The van der Waals surface area contributed by atoms with Crippen LogP contribution in [0.3, 0.4) is 0 Å². The van der Waals surface area contributed by atoms with Gasteiger partial charge < -0.3 is 15.5 Å². The van der Waals surface area contributed by atoms with Crippen LogP contribution in [-0.4, -0.2) is 52.7 Å². The maximum atomic E-state index is 12.4. The molecule has 2 heterocycles. The van der Waals surface area contributed by atoms with Gasteiger partial charge in [0, 0.05) is 25.8 Å². The minimum atomic E-state index is -0.318. The van der Waals surface area contributed by atoms with Gasteiger partial charge in [-0.2, -0.15) is 5.10 Å². The summed E-state index contributed by atoms with van der Waals surface area (Å²) in [6.07, 6.45) is 4.00. The Morgan fingerprint density at radius 3 is 2.81 bits per heavy atom. The topological polar surface area (TPSA) is 79.3 Å². The van der Waals surface area contributed by atoms with Crippen LogP contribution in [0.15, 0.2) is 42.6 Å². The van der Waals surface area contributed by atoms with E-state index in [4.69, 9.17) is 0 Å². The van der Waals surface area contributed by atoms with Gasteiger partial charge in [-0.05, 0) is 37.9 Å². The van der Waals surface area contributed by atoms with Gasteiger partial charge in [-0.1, -0.05) is 30.3 Å². The molecule has 1 atom stereocenters. The van der Waals surface area contributed by atoms with Crippen molar-refractivity contribution in [3.63, 3.8) is 0 Å². The van der Waals surface area contributed by atoms with Gasteiger partial charge in [0.25, 0.3) is 5.91 Å². The molecule has 1 aliphatic rings. The van der Waals surface area contributed by atoms with E-state index in [0.717, 1.165) is 31.5 Å². The molecule has 2 N–H and O–H groups in total. The predicted octanol–water partition coefficient (Wildman–Crippen LogP) is 1.59. The summed E-state index contributed by atoms with van der Waals surface area (Å²) in [7, 11) is 0. The fraction of sp³-hybridized carbons (Fsp3) is 0.450. The molecule has 144 valence electrons. The summed E-state index contributed by atoms with van der Waals surface area (Å²) < 4.78 is 1.84. The van der Waals surface area contributed by atoms with Crippen LogP contribution in [0.1, 0.15) is 41.9 Å². The standard InChI is InChI=1S/C20H27N5O2/c1-2-24(15-16-7-4-3-5-8-16)19(26)14-22-20(27)18-10-12-25(23-18)17-9-6-11-21-13-17/h3-5,7-8,10,12,17,21H,2,6,9,11,13-15H2,1H3,(H,22,27). The Kier molecular flexibility index (Phi) is 6.59. The molecule has 1 fully saturated rings. The van der Waals surface area contributed by atoms with Crippen molar-refractivity contribution in [2.24, 2.45) is 0 Å². The van der Waals surface area contributed by atoms with Crippen molar-refractivity contribution < 1.29 is 9.59 Å². The molecule has 7 nitrogen and oxygen atoms in total. The Balaban J connectivity index is 1.51. The Hall–Kier alpha value is -2.67. The summed E-state index contributed by atoms with van der Waals surface area (Å²) in [6.45, 7) is 4.93. The molecule has 0 aliphatic carbocycles. The average Bonchev–Trinajstić information content (AvgIpc) is 3.22. The number of nitrogens with one attached hydrogen (secondary N) is 2. The van der Waals surface area contributed by atoms with E-state index >= 15 is 0 Å². The highest BCUT2D eigenvalue weighted by atomic mass is 16.2. The fourth-order valence-corrected chi connectivity index (χ4v) is 3.26. The summed E-state index contributed by atoms with van der Waals surface area (Å²) >= 11 is 0. The molecule has 1 aliphatic heterocycles. The molecule has 1 saturated heterocycles. The normalized spacial score (nSPS) is 16.7. The second kappa shape index (κ2) is 9.32. The van der Waals surface area contributed by atoms with Crippen LogP contribution in [0.25, 0.3) is 0 Å². The van der Waals surface area contributed by atoms with Gasteiger partial charge in [-0.15, -0.1) is 0 Å². The fourth-order valence-electron chi connectivity index (χ4n) is 3.26. The van der Waals surface area contributed by atoms with Crippen LogP contribution in [0.4, 0.5) is 0 Å². The van der Waals surface area contributed by atoms with E-state index in [1.807, 2.05) is 48.1 Å². The number of carbonyl (C=O) groups excluding carboxylic acids is 2. The van der Waals surface area contributed by atoms with E-state index in [9.17, 15) is 9.59 Å². The Labute approximate surface area is 159 Å². The second-order valence-corrected chi connectivity index (χ2v) is 6.76. The van der Waals surface area contributed by atoms with Gasteiger partial charge in [0.15, 0.2) is 0 Å². The molecule has 0 radical (unpaired) electrons. The Morgan fingerprint density at radius 2 is 2.11 bits per heavy atom. The number of piperidine rings is 1. The molecule has 1 aromatic carbocycles. The number of hydrogen-bond acceptors (Lipinski definition) is 4. The number of nitrogens with zero attached hydrogens (tertiary/aromatic N) is 3. The summed E-state index contributed by atoms with van der Waals surface area (Å²) in [5.41, 5.74) is 1.42. The van der Waals surface area contributed by atoms with Crippen molar-refractivity contribution in [1.82, 2.24) is 25.3 Å². The van der Waals surface area contributed by atoms with Crippen LogP contribution in [-0.2, 0) is 11.3 Å². The SMILES string of the molecule is CCN(Cc1ccccc1)C(=O)CNC(=O)c1ccn(C2CCCNC2)n1. The van der Waals surface area contributed by atoms with Crippen LogP contribution < -0.4 is 10.6 Å². The lowest BCUT2D eigenvalue weighted by molar-refractivity contribution is -0.130. The molecule has 1 aromatic heterocycles.